The zero-order chi connectivity index (χ0) is 14.5. The predicted octanol–water partition coefficient (Wildman–Crippen LogP) is 1.13. The summed E-state index contributed by atoms with van der Waals surface area (Å²) in [7, 11) is 0. The molecule has 0 aliphatic carbocycles. The summed E-state index contributed by atoms with van der Waals surface area (Å²) in [6.45, 7) is 3.14. The lowest BCUT2D eigenvalue weighted by Gasteiger charge is -2.23. The van der Waals surface area contributed by atoms with E-state index in [1.807, 2.05) is 0 Å². The highest BCUT2D eigenvalue weighted by molar-refractivity contribution is 7.13. The molecule has 1 fully saturated rings. The molecule has 20 heavy (non-hydrogen) atoms. The summed E-state index contributed by atoms with van der Waals surface area (Å²) < 4.78 is 5.27. The van der Waals surface area contributed by atoms with Gasteiger partial charge in [0.05, 0.1) is 24.9 Å². The van der Waals surface area contributed by atoms with Crippen LogP contribution in [0.15, 0.2) is 0 Å². The maximum absolute atomic E-state index is 11.7. The summed E-state index contributed by atoms with van der Waals surface area (Å²) in [5.74, 6) is -0.991. The van der Waals surface area contributed by atoms with Gasteiger partial charge in [-0.2, -0.15) is 0 Å². The average Bonchev–Trinajstić information content (AvgIpc) is 2.79. The zero-order valence-electron chi connectivity index (χ0n) is 11.1. The Morgan fingerprint density at radius 1 is 1.55 bits per heavy atom. The number of hydrogen-bond acceptors (Lipinski definition) is 5. The van der Waals surface area contributed by atoms with Crippen molar-refractivity contribution in [3.8, 4) is 0 Å². The molecule has 7 nitrogen and oxygen atoms in total. The second kappa shape index (κ2) is 6.67. The van der Waals surface area contributed by atoms with E-state index in [4.69, 9.17) is 9.84 Å². The molecule has 2 rings (SSSR count). The fourth-order valence-electron chi connectivity index (χ4n) is 1.97. The minimum Gasteiger partial charge on any atom is -0.477 e. The Kier molecular flexibility index (Phi) is 4.91. The molecule has 8 heteroatoms. The minimum atomic E-state index is -0.991. The number of nitrogens with zero attached hydrogens (tertiary/aromatic N) is 1. The summed E-state index contributed by atoms with van der Waals surface area (Å²) in [5.41, 5.74) is 0.473. The Hall–Kier alpha value is -1.67. The van der Waals surface area contributed by atoms with E-state index in [9.17, 15) is 9.59 Å². The van der Waals surface area contributed by atoms with Gasteiger partial charge in [-0.25, -0.2) is 14.6 Å². The molecule has 1 saturated heterocycles. The summed E-state index contributed by atoms with van der Waals surface area (Å²) in [5, 5.41) is 15.0. The first kappa shape index (κ1) is 14.7. The number of aryl methyl sites for hydroxylation is 1. The smallest absolute Gasteiger partial charge is 0.347 e. The summed E-state index contributed by atoms with van der Waals surface area (Å²) in [6.07, 6.45) is 1.85. The van der Waals surface area contributed by atoms with Gasteiger partial charge >= 0.3 is 12.0 Å². The molecule has 1 atom stereocenters. The number of thiazole rings is 1. The van der Waals surface area contributed by atoms with Crippen molar-refractivity contribution < 1.29 is 19.4 Å². The van der Waals surface area contributed by atoms with Crippen molar-refractivity contribution in [3.63, 3.8) is 0 Å². The standard InChI is InChI=1S/C12H17N3O4S/c1-7-10(11(16)17)20-9(14-7)5-13-12(18)15-8-3-2-4-19-6-8/h8H,2-6H2,1H3,(H,16,17)(H2,13,15,18). The highest BCUT2D eigenvalue weighted by Gasteiger charge is 2.17. The van der Waals surface area contributed by atoms with Crippen LogP contribution >= 0.6 is 11.3 Å². The van der Waals surface area contributed by atoms with Gasteiger partial charge in [0.1, 0.15) is 9.88 Å². The van der Waals surface area contributed by atoms with Crippen molar-refractivity contribution in [2.45, 2.75) is 32.4 Å². The molecule has 0 bridgehead atoms. The van der Waals surface area contributed by atoms with E-state index in [1.54, 1.807) is 6.92 Å². The number of ether oxygens (including phenoxy) is 1. The SMILES string of the molecule is Cc1nc(CNC(=O)NC2CCCOC2)sc1C(=O)O. The minimum absolute atomic E-state index is 0.0383. The number of carbonyl (C=O) groups is 2. The second-order valence-corrected chi connectivity index (χ2v) is 5.65. The Bertz CT molecular complexity index is 497. The summed E-state index contributed by atoms with van der Waals surface area (Å²) in [6, 6.07) is -0.249. The Morgan fingerprint density at radius 3 is 2.95 bits per heavy atom. The number of hydrogen-bond donors (Lipinski definition) is 3. The monoisotopic (exact) mass is 299 g/mol. The van der Waals surface area contributed by atoms with Crippen molar-refractivity contribution in [2.75, 3.05) is 13.2 Å². The van der Waals surface area contributed by atoms with Crippen LogP contribution in [0.1, 0.15) is 33.2 Å². The first-order valence-corrected chi connectivity index (χ1v) is 7.19. The number of urea groups is 1. The fourth-order valence-corrected chi connectivity index (χ4v) is 2.82. The maximum Gasteiger partial charge on any atom is 0.347 e. The molecular weight excluding hydrogens is 282 g/mol. The molecule has 1 aliphatic heterocycles. The van der Waals surface area contributed by atoms with E-state index in [-0.39, 0.29) is 23.5 Å². The molecule has 1 aromatic heterocycles. The van der Waals surface area contributed by atoms with Gasteiger partial charge in [0.2, 0.25) is 0 Å². The van der Waals surface area contributed by atoms with Gasteiger partial charge in [-0.05, 0) is 19.8 Å². The Morgan fingerprint density at radius 2 is 2.35 bits per heavy atom. The van der Waals surface area contributed by atoms with Gasteiger partial charge in [0.15, 0.2) is 0 Å². The van der Waals surface area contributed by atoms with Crippen LogP contribution in [0.2, 0.25) is 0 Å². The van der Waals surface area contributed by atoms with Crippen LogP contribution in [0.4, 0.5) is 4.79 Å². The number of aromatic nitrogens is 1. The highest BCUT2D eigenvalue weighted by atomic mass is 32.1. The molecule has 110 valence electrons. The third-order valence-electron chi connectivity index (χ3n) is 2.93. The molecule has 1 aromatic rings. The molecule has 0 spiro atoms. The van der Waals surface area contributed by atoms with Crippen molar-refractivity contribution in [1.82, 2.24) is 15.6 Å². The van der Waals surface area contributed by atoms with E-state index in [1.165, 1.54) is 0 Å². The van der Waals surface area contributed by atoms with Crippen molar-refractivity contribution in [1.29, 1.82) is 0 Å². The third kappa shape index (κ3) is 3.91. The Balaban J connectivity index is 1.80. The van der Waals surface area contributed by atoms with E-state index >= 15 is 0 Å². The summed E-state index contributed by atoms with van der Waals surface area (Å²) >= 11 is 1.08. The lowest BCUT2D eigenvalue weighted by Crippen LogP contribution is -2.45. The van der Waals surface area contributed by atoms with E-state index in [2.05, 4.69) is 15.6 Å². The van der Waals surface area contributed by atoms with Gasteiger partial charge in [0.25, 0.3) is 0 Å². The Labute approximate surface area is 120 Å². The quantitative estimate of drug-likeness (QED) is 0.773. The number of nitrogens with one attached hydrogen (secondary N) is 2. The highest BCUT2D eigenvalue weighted by Crippen LogP contribution is 2.17. The number of carbonyl (C=O) groups excluding carboxylic acids is 1. The van der Waals surface area contributed by atoms with Gasteiger partial charge in [0, 0.05) is 6.61 Å². The van der Waals surface area contributed by atoms with Crippen LogP contribution in [0.25, 0.3) is 0 Å². The zero-order valence-corrected chi connectivity index (χ0v) is 12.0. The van der Waals surface area contributed by atoms with Crippen LogP contribution in [0, 0.1) is 6.92 Å². The van der Waals surface area contributed by atoms with E-state index < -0.39 is 5.97 Å². The topological polar surface area (TPSA) is 101 Å². The molecule has 3 N–H and O–H groups in total. The number of carboxylic acid groups (broad SMARTS) is 1. The molecule has 0 radical (unpaired) electrons. The average molecular weight is 299 g/mol. The largest absolute Gasteiger partial charge is 0.477 e. The van der Waals surface area contributed by atoms with Crippen molar-refractivity contribution in [3.05, 3.63) is 15.6 Å². The number of aromatic carboxylic acids is 1. The fraction of sp³-hybridized carbons (Fsp3) is 0.583. The third-order valence-corrected chi connectivity index (χ3v) is 4.08. The number of amides is 2. The molecule has 1 aliphatic rings. The number of rotatable bonds is 4. The van der Waals surface area contributed by atoms with Gasteiger partial charge in [-0.3, -0.25) is 0 Å². The second-order valence-electron chi connectivity index (χ2n) is 4.57. The normalized spacial score (nSPS) is 18.6. The van der Waals surface area contributed by atoms with E-state index in [0.717, 1.165) is 30.8 Å². The molecule has 2 amide bonds. The molecule has 1 unspecified atom stereocenters. The van der Waals surface area contributed by atoms with Crippen LogP contribution in [0.3, 0.4) is 0 Å². The molecule has 2 heterocycles. The first-order chi connectivity index (χ1) is 9.56. The van der Waals surface area contributed by atoms with Crippen LogP contribution < -0.4 is 10.6 Å². The van der Waals surface area contributed by atoms with Crippen LogP contribution in [-0.4, -0.2) is 41.3 Å². The van der Waals surface area contributed by atoms with Gasteiger partial charge in [-0.1, -0.05) is 0 Å². The van der Waals surface area contributed by atoms with Gasteiger partial charge < -0.3 is 20.5 Å². The maximum atomic E-state index is 11.7. The molecular formula is C12H17N3O4S. The van der Waals surface area contributed by atoms with Crippen LogP contribution in [0.5, 0.6) is 0 Å². The van der Waals surface area contributed by atoms with Crippen molar-refractivity contribution >= 4 is 23.3 Å². The molecule has 0 saturated carbocycles. The van der Waals surface area contributed by atoms with E-state index in [0.29, 0.717) is 17.3 Å². The lowest BCUT2D eigenvalue weighted by molar-refractivity contribution is 0.0701. The predicted molar refractivity (Wildman–Crippen MR) is 73.0 cm³/mol. The molecule has 0 aromatic carbocycles. The summed E-state index contributed by atoms with van der Waals surface area (Å²) in [4.78, 5) is 26.9. The van der Waals surface area contributed by atoms with Crippen molar-refractivity contribution in [2.24, 2.45) is 0 Å². The first-order valence-electron chi connectivity index (χ1n) is 6.38. The number of carboxylic acids is 1. The van der Waals surface area contributed by atoms with Gasteiger partial charge in [-0.15, -0.1) is 11.3 Å². The lowest BCUT2D eigenvalue weighted by atomic mass is 10.1. The van der Waals surface area contributed by atoms with Crippen LogP contribution in [-0.2, 0) is 11.3 Å².